The minimum Gasteiger partial charge on any atom is -0.465 e. The van der Waals surface area contributed by atoms with Gasteiger partial charge in [0, 0.05) is 31.0 Å². The van der Waals surface area contributed by atoms with E-state index in [1.165, 1.54) is 24.0 Å². The summed E-state index contributed by atoms with van der Waals surface area (Å²) in [7, 11) is 0. The molecule has 1 saturated carbocycles. The summed E-state index contributed by atoms with van der Waals surface area (Å²) in [4.78, 5) is 11.5. The average Bonchev–Trinajstić information content (AvgIpc) is 3.68. The number of nitrogens with one attached hydrogen (secondary N) is 2. The Labute approximate surface area is 233 Å². The molecule has 3 N–H and O–H groups in total. The van der Waals surface area contributed by atoms with E-state index in [9.17, 15) is 9.90 Å². The van der Waals surface area contributed by atoms with Crippen molar-refractivity contribution in [3.05, 3.63) is 70.4 Å². The molecule has 0 spiro atoms. The highest BCUT2D eigenvalue weighted by atomic mass is 35.5. The highest BCUT2D eigenvalue weighted by Gasteiger charge is 2.31. The number of halogens is 1. The molecule has 0 unspecified atom stereocenters. The van der Waals surface area contributed by atoms with E-state index < -0.39 is 6.10 Å². The first-order valence-electron chi connectivity index (χ1n) is 13.3. The highest BCUT2D eigenvalue weighted by molar-refractivity contribution is 7.80. The molecule has 2 heterocycles. The average molecular weight is 556 g/mol. The van der Waals surface area contributed by atoms with Gasteiger partial charge >= 0.3 is 5.97 Å². The van der Waals surface area contributed by atoms with Crippen molar-refractivity contribution in [2.45, 2.75) is 63.4 Å². The number of aliphatic hydroxyl groups is 1. The molecule has 1 aliphatic carbocycles. The fourth-order valence-corrected chi connectivity index (χ4v) is 5.62. The van der Waals surface area contributed by atoms with Gasteiger partial charge in [-0.1, -0.05) is 41.9 Å². The number of ether oxygens (including phenoxy) is 2. The lowest BCUT2D eigenvalue weighted by atomic mass is 10.0. The SMILES string of the molecule is CCOC(=O)CNC(=S)NC[C@@H]1C[C@H](O)C[C@H](n2cc(Cc3ccc(C4CC4)cc3)c3c(Cl)cccc32)O1. The van der Waals surface area contributed by atoms with Gasteiger partial charge in [-0.25, -0.2) is 0 Å². The van der Waals surface area contributed by atoms with Crippen LogP contribution in [-0.2, 0) is 20.7 Å². The summed E-state index contributed by atoms with van der Waals surface area (Å²) in [6.07, 6.45) is 5.31. The van der Waals surface area contributed by atoms with Gasteiger partial charge in [-0.2, -0.15) is 0 Å². The maximum absolute atomic E-state index is 11.5. The molecule has 9 heteroatoms. The van der Waals surface area contributed by atoms with Crippen LogP contribution in [0.1, 0.15) is 61.4 Å². The first-order valence-corrected chi connectivity index (χ1v) is 14.1. The zero-order valence-corrected chi connectivity index (χ0v) is 23.1. The molecule has 1 aliphatic heterocycles. The standard InChI is InChI=1S/C29H34ClN3O4S/c1-2-36-27(35)16-32-29(38)31-15-23-13-22(34)14-26(37-23)33-17-21(28-24(30)4-3-5-25(28)33)12-18-6-8-19(9-7-18)20-10-11-20/h3-9,17,20,22-23,26,34H,2,10-16H2,1H3,(H2,31,32,38)/t22-,23-,26+/m0/s1. The molecule has 2 aliphatic rings. The summed E-state index contributed by atoms with van der Waals surface area (Å²) < 4.78 is 13.4. The molecular weight excluding hydrogens is 522 g/mol. The van der Waals surface area contributed by atoms with Gasteiger partial charge in [-0.05, 0) is 73.1 Å². The van der Waals surface area contributed by atoms with Crippen LogP contribution in [0.3, 0.4) is 0 Å². The zero-order chi connectivity index (χ0) is 26.6. The Hall–Kier alpha value is -2.65. The first-order chi connectivity index (χ1) is 18.4. The summed E-state index contributed by atoms with van der Waals surface area (Å²) in [6.45, 7) is 2.48. The van der Waals surface area contributed by atoms with Crippen LogP contribution < -0.4 is 10.6 Å². The third-order valence-corrected chi connectivity index (χ3v) is 7.77. The number of nitrogens with zero attached hydrogens (tertiary/aromatic N) is 1. The number of hydrogen-bond acceptors (Lipinski definition) is 5. The molecule has 3 aromatic rings. The number of esters is 1. The number of hydrogen-bond donors (Lipinski definition) is 3. The van der Waals surface area contributed by atoms with E-state index in [1.807, 2.05) is 18.2 Å². The predicted molar refractivity (Wildman–Crippen MR) is 153 cm³/mol. The van der Waals surface area contributed by atoms with Crippen LogP contribution >= 0.6 is 23.8 Å². The lowest BCUT2D eigenvalue weighted by Gasteiger charge is -2.34. The maximum atomic E-state index is 11.5. The van der Waals surface area contributed by atoms with Gasteiger partial charge in [0.2, 0.25) is 0 Å². The van der Waals surface area contributed by atoms with Gasteiger partial charge < -0.3 is 29.8 Å². The monoisotopic (exact) mass is 555 g/mol. The van der Waals surface area contributed by atoms with Crippen LogP contribution in [0.4, 0.5) is 0 Å². The van der Waals surface area contributed by atoms with Crippen molar-refractivity contribution >= 4 is 45.8 Å². The van der Waals surface area contributed by atoms with Gasteiger partial charge in [0.25, 0.3) is 0 Å². The van der Waals surface area contributed by atoms with E-state index in [0.29, 0.717) is 36.1 Å². The van der Waals surface area contributed by atoms with Crippen LogP contribution in [0.15, 0.2) is 48.7 Å². The van der Waals surface area contributed by atoms with Crippen molar-refractivity contribution in [1.29, 1.82) is 0 Å². The van der Waals surface area contributed by atoms with Crippen molar-refractivity contribution in [1.82, 2.24) is 15.2 Å². The minimum absolute atomic E-state index is 0.00134. The summed E-state index contributed by atoms with van der Waals surface area (Å²) in [6, 6.07) is 14.8. The molecular formula is C29H34ClN3O4S. The van der Waals surface area contributed by atoms with Gasteiger partial charge in [0.1, 0.15) is 12.8 Å². The van der Waals surface area contributed by atoms with E-state index in [1.54, 1.807) is 6.92 Å². The summed E-state index contributed by atoms with van der Waals surface area (Å²) in [5.41, 5.74) is 4.78. The number of aliphatic hydroxyl groups excluding tert-OH is 1. The van der Waals surface area contributed by atoms with Crippen LogP contribution in [0, 0.1) is 0 Å². The molecule has 7 nitrogen and oxygen atoms in total. The molecule has 5 rings (SSSR count). The van der Waals surface area contributed by atoms with Gasteiger partial charge in [-0.15, -0.1) is 0 Å². The highest BCUT2D eigenvalue weighted by Crippen LogP contribution is 2.40. The van der Waals surface area contributed by atoms with E-state index in [4.69, 9.17) is 33.3 Å². The summed E-state index contributed by atoms with van der Waals surface area (Å²) in [5, 5.41) is 18.7. The molecule has 0 bridgehead atoms. The largest absolute Gasteiger partial charge is 0.465 e. The summed E-state index contributed by atoms with van der Waals surface area (Å²) in [5.74, 6) is 0.370. The van der Waals surface area contributed by atoms with Crippen LogP contribution in [0.2, 0.25) is 5.02 Å². The third kappa shape index (κ3) is 6.49. The fraction of sp³-hybridized carbons (Fsp3) is 0.448. The molecule has 2 fully saturated rings. The molecule has 202 valence electrons. The Balaban J connectivity index is 1.29. The second-order valence-corrected chi connectivity index (χ2v) is 10.9. The quantitative estimate of drug-likeness (QED) is 0.258. The Kier molecular flexibility index (Phi) is 8.53. The second kappa shape index (κ2) is 12.0. The normalized spacial score (nSPS) is 21.3. The van der Waals surface area contributed by atoms with Crippen LogP contribution in [-0.4, -0.2) is 52.7 Å². The Bertz CT molecular complexity index is 1290. The van der Waals surface area contributed by atoms with Gasteiger partial charge in [-0.3, -0.25) is 4.79 Å². The van der Waals surface area contributed by atoms with Crippen LogP contribution in [0.25, 0.3) is 10.9 Å². The Morgan fingerprint density at radius 1 is 1.18 bits per heavy atom. The molecule has 2 aromatic carbocycles. The van der Waals surface area contributed by atoms with Gasteiger partial charge in [0.15, 0.2) is 5.11 Å². The minimum atomic E-state index is -0.517. The number of carbonyl (C=O) groups is 1. The van der Waals surface area contributed by atoms with E-state index >= 15 is 0 Å². The third-order valence-electron chi connectivity index (χ3n) is 7.17. The molecule has 1 aromatic heterocycles. The van der Waals surface area contributed by atoms with Crippen molar-refractivity contribution in [3.63, 3.8) is 0 Å². The number of carbonyl (C=O) groups excluding carboxylic acids is 1. The Morgan fingerprint density at radius 2 is 1.97 bits per heavy atom. The summed E-state index contributed by atoms with van der Waals surface area (Å²) >= 11 is 12.0. The van der Waals surface area contributed by atoms with Crippen molar-refractivity contribution < 1.29 is 19.4 Å². The molecule has 1 saturated heterocycles. The maximum Gasteiger partial charge on any atom is 0.325 e. The predicted octanol–water partition coefficient (Wildman–Crippen LogP) is 4.83. The van der Waals surface area contributed by atoms with Crippen molar-refractivity contribution in [2.75, 3.05) is 19.7 Å². The Morgan fingerprint density at radius 3 is 2.71 bits per heavy atom. The van der Waals surface area contributed by atoms with Crippen molar-refractivity contribution in [2.24, 2.45) is 0 Å². The molecule has 0 radical (unpaired) electrons. The number of aromatic nitrogens is 1. The second-order valence-electron chi connectivity index (χ2n) is 10.1. The number of rotatable bonds is 9. The molecule has 0 amide bonds. The lowest BCUT2D eigenvalue weighted by molar-refractivity contribution is -0.141. The van der Waals surface area contributed by atoms with E-state index in [-0.39, 0.29) is 24.8 Å². The number of benzene rings is 2. The number of fused-ring (bicyclic) bond motifs is 1. The zero-order valence-electron chi connectivity index (χ0n) is 21.5. The first kappa shape index (κ1) is 26.9. The molecule has 38 heavy (non-hydrogen) atoms. The lowest BCUT2D eigenvalue weighted by Crippen LogP contribution is -2.45. The van der Waals surface area contributed by atoms with E-state index in [0.717, 1.165) is 28.8 Å². The van der Waals surface area contributed by atoms with E-state index in [2.05, 4.69) is 45.7 Å². The van der Waals surface area contributed by atoms with Crippen molar-refractivity contribution in [3.8, 4) is 0 Å². The topological polar surface area (TPSA) is 84.8 Å². The van der Waals surface area contributed by atoms with Crippen LogP contribution in [0.5, 0.6) is 0 Å². The van der Waals surface area contributed by atoms with Gasteiger partial charge in [0.05, 0.1) is 29.4 Å². The fourth-order valence-electron chi connectivity index (χ4n) is 5.17. The number of thiocarbonyl (C=S) groups is 1. The molecule has 3 atom stereocenters. The smallest absolute Gasteiger partial charge is 0.325 e.